The van der Waals surface area contributed by atoms with Crippen molar-refractivity contribution < 1.29 is 4.39 Å². The van der Waals surface area contributed by atoms with Crippen molar-refractivity contribution in [3.8, 4) is 0 Å². The lowest BCUT2D eigenvalue weighted by Crippen LogP contribution is -2.17. The van der Waals surface area contributed by atoms with Crippen LogP contribution in [0.25, 0.3) is 0 Å². The third-order valence-corrected chi connectivity index (χ3v) is 3.22. The maximum atomic E-state index is 13.6. The van der Waals surface area contributed by atoms with Gasteiger partial charge >= 0.3 is 0 Å². The van der Waals surface area contributed by atoms with Gasteiger partial charge in [-0.2, -0.15) is 0 Å². The lowest BCUT2D eigenvalue weighted by atomic mass is 10.1. The van der Waals surface area contributed by atoms with E-state index in [9.17, 15) is 4.39 Å². The molecule has 0 radical (unpaired) electrons. The van der Waals surface area contributed by atoms with Crippen LogP contribution >= 0.6 is 15.9 Å². The molecule has 2 N–H and O–H groups in total. The minimum atomic E-state index is -0.180. The van der Waals surface area contributed by atoms with E-state index in [0.717, 1.165) is 10.9 Å². The molecule has 96 valence electrons. The van der Waals surface area contributed by atoms with E-state index in [1.54, 1.807) is 12.1 Å². The molecule has 4 heteroatoms. The van der Waals surface area contributed by atoms with Crippen LogP contribution in [0.3, 0.4) is 0 Å². The van der Waals surface area contributed by atoms with Gasteiger partial charge in [0, 0.05) is 35.0 Å². The Kier molecular flexibility index (Phi) is 4.19. The highest BCUT2D eigenvalue weighted by molar-refractivity contribution is 9.10. The standard InChI is InChI=1S/C14H16BrFN2/c1-10(17)6-11-4-5-18(8-11)9-12-7-13(15)2-3-14(12)16/h2-5,7-8,10H,6,9,17H2,1H3. The largest absolute Gasteiger partial charge is 0.350 e. The van der Waals surface area contributed by atoms with Crippen LogP contribution in [0, 0.1) is 5.82 Å². The quantitative estimate of drug-likeness (QED) is 0.922. The number of nitrogens with zero attached hydrogens (tertiary/aromatic N) is 1. The van der Waals surface area contributed by atoms with Gasteiger partial charge in [0.15, 0.2) is 0 Å². The van der Waals surface area contributed by atoms with Crippen LogP contribution in [0.4, 0.5) is 4.39 Å². The SMILES string of the molecule is CC(N)Cc1ccn(Cc2cc(Br)ccc2F)c1. The molecule has 0 saturated carbocycles. The Morgan fingerprint density at radius 2 is 2.17 bits per heavy atom. The summed E-state index contributed by atoms with van der Waals surface area (Å²) in [7, 11) is 0. The third kappa shape index (κ3) is 3.43. The molecule has 0 spiro atoms. The highest BCUT2D eigenvalue weighted by Crippen LogP contribution is 2.17. The number of halogens is 2. The second-order valence-electron chi connectivity index (χ2n) is 4.61. The molecular weight excluding hydrogens is 295 g/mol. The Hall–Kier alpha value is -1.13. The molecule has 1 atom stereocenters. The zero-order valence-electron chi connectivity index (χ0n) is 10.2. The Labute approximate surface area is 115 Å². The first-order valence-electron chi connectivity index (χ1n) is 5.89. The van der Waals surface area contributed by atoms with Gasteiger partial charge in [-0.25, -0.2) is 4.39 Å². The molecule has 18 heavy (non-hydrogen) atoms. The van der Waals surface area contributed by atoms with Crippen molar-refractivity contribution in [1.29, 1.82) is 0 Å². The van der Waals surface area contributed by atoms with Crippen molar-refractivity contribution in [2.24, 2.45) is 5.73 Å². The molecule has 0 aliphatic heterocycles. The summed E-state index contributed by atoms with van der Waals surface area (Å²) < 4.78 is 16.5. The van der Waals surface area contributed by atoms with E-state index in [-0.39, 0.29) is 11.9 Å². The van der Waals surface area contributed by atoms with Gasteiger partial charge in [-0.05, 0) is 43.2 Å². The highest BCUT2D eigenvalue weighted by Gasteiger charge is 2.05. The third-order valence-electron chi connectivity index (χ3n) is 2.73. The molecule has 1 heterocycles. The van der Waals surface area contributed by atoms with Gasteiger partial charge in [0.2, 0.25) is 0 Å². The predicted octanol–water partition coefficient (Wildman–Crippen LogP) is 3.33. The van der Waals surface area contributed by atoms with Crippen LogP contribution in [0.15, 0.2) is 41.1 Å². The Bertz CT molecular complexity index is 534. The molecule has 1 unspecified atom stereocenters. The van der Waals surface area contributed by atoms with Crippen LogP contribution in [0.5, 0.6) is 0 Å². The fourth-order valence-corrected chi connectivity index (χ4v) is 2.35. The van der Waals surface area contributed by atoms with E-state index < -0.39 is 0 Å². The number of hydrogen-bond donors (Lipinski definition) is 1. The second kappa shape index (κ2) is 5.67. The van der Waals surface area contributed by atoms with E-state index in [4.69, 9.17) is 5.73 Å². The van der Waals surface area contributed by atoms with Gasteiger partial charge in [-0.1, -0.05) is 15.9 Å². The molecule has 1 aromatic carbocycles. The van der Waals surface area contributed by atoms with Crippen molar-refractivity contribution in [3.63, 3.8) is 0 Å². The van der Waals surface area contributed by atoms with E-state index in [1.807, 2.05) is 30.0 Å². The smallest absolute Gasteiger partial charge is 0.128 e. The summed E-state index contributed by atoms with van der Waals surface area (Å²) in [4.78, 5) is 0. The summed E-state index contributed by atoms with van der Waals surface area (Å²) in [5.74, 6) is -0.180. The summed E-state index contributed by atoms with van der Waals surface area (Å²) in [6, 6.07) is 7.16. The minimum absolute atomic E-state index is 0.142. The van der Waals surface area contributed by atoms with Crippen molar-refractivity contribution >= 4 is 15.9 Å². The molecule has 1 aromatic heterocycles. The summed E-state index contributed by atoms with van der Waals surface area (Å²) in [6.07, 6.45) is 4.82. The van der Waals surface area contributed by atoms with Crippen molar-refractivity contribution in [2.45, 2.75) is 25.9 Å². The van der Waals surface area contributed by atoms with E-state index >= 15 is 0 Å². The lowest BCUT2D eigenvalue weighted by molar-refractivity contribution is 0.599. The first-order valence-corrected chi connectivity index (χ1v) is 6.68. The Morgan fingerprint density at radius 3 is 2.89 bits per heavy atom. The van der Waals surface area contributed by atoms with Crippen LogP contribution < -0.4 is 5.73 Å². The first kappa shape index (κ1) is 13.3. The maximum absolute atomic E-state index is 13.6. The van der Waals surface area contributed by atoms with Gasteiger partial charge in [0.25, 0.3) is 0 Å². The summed E-state index contributed by atoms with van der Waals surface area (Å²) >= 11 is 3.36. The number of hydrogen-bond acceptors (Lipinski definition) is 1. The van der Waals surface area contributed by atoms with Crippen molar-refractivity contribution in [2.75, 3.05) is 0 Å². The van der Waals surface area contributed by atoms with Crippen LogP contribution in [0.2, 0.25) is 0 Å². The van der Waals surface area contributed by atoms with E-state index in [1.165, 1.54) is 11.6 Å². The average molecular weight is 311 g/mol. The second-order valence-corrected chi connectivity index (χ2v) is 5.52. The van der Waals surface area contributed by atoms with E-state index in [0.29, 0.717) is 12.1 Å². The van der Waals surface area contributed by atoms with Crippen LogP contribution in [0.1, 0.15) is 18.1 Å². The predicted molar refractivity (Wildman–Crippen MR) is 75.0 cm³/mol. The zero-order valence-corrected chi connectivity index (χ0v) is 11.8. The van der Waals surface area contributed by atoms with Crippen LogP contribution in [-0.2, 0) is 13.0 Å². The Balaban J connectivity index is 2.13. The number of rotatable bonds is 4. The van der Waals surface area contributed by atoms with Gasteiger partial charge < -0.3 is 10.3 Å². The first-order chi connectivity index (χ1) is 8.54. The molecule has 0 saturated heterocycles. The number of nitrogens with two attached hydrogens (primary N) is 1. The van der Waals surface area contributed by atoms with Crippen LogP contribution in [-0.4, -0.2) is 10.6 Å². The summed E-state index contributed by atoms with van der Waals surface area (Å²) in [6.45, 7) is 2.51. The minimum Gasteiger partial charge on any atom is -0.350 e. The molecule has 2 nitrogen and oxygen atoms in total. The zero-order chi connectivity index (χ0) is 13.1. The number of benzene rings is 1. The highest BCUT2D eigenvalue weighted by atomic mass is 79.9. The number of aromatic nitrogens is 1. The molecule has 0 aliphatic rings. The van der Waals surface area contributed by atoms with Crippen molar-refractivity contribution in [1.82, 2.24) is 4.57 Å². The summed E-state index contributed by atoms with van der Waals surface area (Å²) in [5, 5.41) is 0. The molecular formula is C14H16BrFN2. The van der Waals surface area contributed by atoms with Gasteiger partial charge in [0.05, 0.1) is 0 Å². The average Bonchev–Trinajstić information content (AvgIpc) is 2.70. The topological polar surface area (TPSA) is 30.9 Å². The normalized spacial score (nSPS) is 12.7. The maximum Gasteiger partial charge on any atom is 0.128 e. The van der Waals surface area contributed by atoms with Gasteiger partial charge in [0.1, 0.15) is 5.82 Å². The van der Waals surface area contributed by atoms with Gasteiger partial charge in [-0.3, -0.25) is 0 Å². The molecule has 2 aromatic rings. The monoisotopic (exact) mass is 310 g/mol. The summed E-state index contributed by atoms with van der Waals surface area (Å²) in [5.41, 5.74) is 7.61. The Morgan fingerprint density at radius 1 is 1.39 bits per heavy atom. The molecule has 0 amide bonds. The lowest BCUT2D eigenvalue weighted by Gasteiger charge is -2.06. The fraction of sp³-hybridized carbons (Fsp3) is 0.286. The molecule has 0 bridgehead atoms. The fourth-order valence-electron chi connectivity index (χ4n) is 1.94. The molecule has 2 rings (SSSR count). The molecule has 0 aliphatic carbocycles. The van der Waals surface area contributed by atoms with Gasteiger partial charge in [-0.15, -0.1) is 0 Å². The molecule has 0 fully saturated rings. The van der Waals surface area contributed by atoms with E-state index in [2.05, 4.69) is 15.9 Å². The van der Waals surface area contributed by atoms with Crippen molar-refractivity contribution in [3.05, 3.63) is 58.1 Å².